The number of phosphoric acid groups is 1. The topological polar surface area (TPSA) is 160 Å². The summed E-state index contributed by atoms with van der Waals surface area (Å²) in [7, 11) is -4.80. The molecule has 0 spiro atoms. The fraction of sp³-hybridized carbons (Fsp3) is 0.600. The third kappa shape index (κ3) is 31.4. The van der Waals surface area contributed by atoms with Crippen molar-refractivity contribution in [2.75, 3.05) is 13.2 Å². The molecule has 11 heteroatoms. The molecular formula is C35H57O10P. The van der Waals surface area contributed by atoms with Crippen molar-refractivity contribution in [3.8, 4) is 0 Å². The highest BCUT2D eigenvalue weighted by molar-refractivity contribution is 7.46. The van der Waals surface area contributed by atoms with Gasteiger partial charge in [-0.05, 0) is 38.5 Å². The van der Waals surface area contributed by atoms with E-state index in [4.69, 9.17) is 19.3 Å². The van der Waals surface area contributed by atoms with Gasteiger partial charge >= 0.3 is 19.8 Å². The minimum atomic E-state index is -4.80. The standard InChI is InChI=1S/C35H57O10P/c1-3-5-7-8-10-15-21-27-34(38)43-29-33(30-44-46(40,41)42)45-35(39)28-22-16-20-26-32(37)25-19-14-12-9-11-13-18-24-31(36)23-17-6-4-2/h6,11-14,17-20,24-26,31-33,36-37H,3-5,7-10,15-16,21-23,27-30H2,1-2H3,(H2,40,41,42)/b13-11-,14-12-,17-6-,24-18+,25-19+,26-20-/t31-,32-,33+/m0/s1. The van der Waals surface area contributed by atoms with Crippen LogP contribution in [0.25, 0.3) is 0 Å². The number of hydrogen-bond acceptors (Lipinski definition) is 8. The Bertz CT molecular complexity index is 1010. The number of phosphoric ester groups is 1. The van der Waals surface area contributed by atoms with Crippen molar-refractivity contribution in [2.45, 2.75) is 122 Å². The molecule has 0 aliphatic carbocycles. The van der Waals surface area contributed by atoms with Gasteiger partial charge in [0.15, 0.2) is 6.10 Å². The Kier molecular flexibility index (Phi) is 28.1. The molecule has 0 aliphatic rings. The minimum Gasteiger partial charge on any atom is -0.462 e. The molecule has 0 aromatic carbocycles. The van der Waals surface area contributed by atoms with Gasteiger partial charge in [-0.3, -0.25) is 14.1 Å². The van der Waals surface area contributed by atoms with Gasteiger partial charge in [0.1, 0.15) is 6.61 Å². The van der Waals surface area contributed by atoms with Crippen molar-refractivity contribution in [1.29, 1.82) is 0 Å². The lowest BCUT2D eigenvalue weighted by Gasteiger charge is -2.18. The van der Waals surface area contributed by atoms with Crippen molar-refractivity contribution < 1.29 is 48.2 Å². The van der Waals surface area contributed by atoms with Crippen LogP contribution in [0.4, 0.5) is 0 Å². The first kappa shape index (κ1) is 43.4. The van der Waals surface area contributed by atoms with Gasteiger partial charge in [0.25, 0.3) is 0 Å². The van der Waals surface area contributed by atoms with Gasteiger partial charge in [-0.15, -0.1) is 0 Å². The number of aliphatic hydroxyl groups is 2. The molecule has 0 saturated carbocycles. The number of esters is 2. The molecule has 0 aliphatic heterocycles. The first-order chi connectivity index (χ1) is 22.1. The summed E-state index contributed by atoms with van der Waals surface area (Å²) in [6.07, 6.45) is 30.2. The summed E-state index contributed by atoms with van der Waals surface area (Å²) in [6, 6.07) is 0. The van der Waals surface area contributed by atoms with Crippen LogP contribution < -0.4 is 0 Å². The maximum atomic E-state index is 12.3. The lowest BCUT2D eigenvalue weighted by molar-refractivity contribution is -0.161. The van der Waals surface area contributed by atoms with Crippen LogP contribution >= 0.6 is 7.82 Å². The fourth-order valence-corrected chi connectivity index (χ4v) is 4.29. The van der Waals surface area contributed by atoms with Gasteiger partial charge in [0.2, 0.25) is 0 Å². The van der Waals surface area contributed by atoms with E-state index in [0.717, 1.165) is 25.7 Å². The predicted octanol–water partition coefficient (Wildman–Crippen LogP) is 7.11. The normalized spacial score (nSPS) is 14.8. The van der Waals surface area contributed by atoms with Crippen LogP contribution in [0, 0.1) is 0 Å². The lowest BCUT2D eigenvalue weighted by atomic mass is 10.1. The first-order valence-corrected chi connectivity index (χ1v) is 18.0. The smallest absolute Gasteiger partial charge is 0.462 e. The summed E-state index contributed by atoms with van der Waals surface area (Å²) in [5.41, 5.74) is 0. The highest BCUT2D eigenvalue weighted by atomic mass is 31.2. The molecular weight excluding hydrogens is 611 g/mol. The molecule has 4 N–H and O–H groups in total. The zero-order chi connectivity index (χ0) is 34.3. The third-order valence-electron chi connectivity index (χ3n) is 6.41. The summed E-state index contributed by atoms with van der Waals surface area (Å²) in [4.78, 5) is 42.3. The maximum absolute atomic E-state index is 12.3. The van der Waals surface area contributed by atoms with Crippen LogP contribution in [-0.2, 0) is 28.2 Å². The second-order valence-corrected chi connectivity index (χ2v) is 12.0. The van der Waals surface area contributed by atoms with E-state index in [1.54, 1.807) is 30.4 Å². The minimum absolute atomic E-state index is 0.0228. The van der Waals surface area contributed by atoms with Crippen LogP contribution in [0.5, 0.6) is 0 Å². The average Bonchev–Trinajstić information content (AvgIpc) is 3.00. The first-order valence-electron chi connectivity index (χ1n) is 16.5. The molecule has 0 radical (unpaired) electrons. The second-order valence-electron chi connectivity index (χ2n) is 10.8. The Balaban J connectivity index is 4.34. The quantitative estimate of drug-likeness (QED) is 0.0222. The van der Waals surface area contributed by atoms with Crippen LogP contribution in [0.2, 0.25) is 0 Å². The molecule has 0 saturated heterocycles. The summed E-state index contributed by atoms with van der Waals surface area (Å²) in [5, 5.41) is 19.8. The van der Waals surface area contributed by atoms with E-state index in [1.165, 1.54) is 19.3 Å². The second kappa shape index (κ2) is 29.8. The van der Waals surface area contributed by atoms with E-state index in [2.05, 4.69) is 11.4 Å². The molecule has 262 valence electrons. The molecule has 0 aromatic rings. The van der Waals surface area contributed by atoms with E-state index in [9.17, 15) is 24.4 Å². The highest BCUT2D eigenvalue weighted by Crippen LogP contribution is 2.35. The van der Waals surface area contributed by atoms with Crippen molar-refractivity contribution in [1.82, 2.24) is 0 Å². The number of hydrogen-bond donors (Lipinski definition) is 4. The van der Waals surface area contributed by atoms with Crippen molar-refractivity contribution in [3.63, 3.8) is 0 Å². The van der Waals surface area contributed by atoms with E-state index >= 15 is 0 Å². The molecule has 46 heavy (non-hydrogen) atoms. The van der Waals surface area contributed by atoms with Gasteiger partial charge in [-0.2, -0.15) is 0 Å². The van der Waals surface area contributed by atoms with Gasteiger partial charge in [-0.1, -0.05) is 125 Å². The van der Waals surface area contributed by atoms with E-state index < -0.39 is 44.7 Å². The maximum Gasteiger partial charge on any atom is 0.469 e. The molecule has 0 amide bonds. The Morgan fingerprint density at radius 2 is 1.37 bits per heavy atom. The largest absolute Gasteiger partial charge is 0.469 e. The number of carbonyl (C=O) groups is 2. The van der Waals surface area contributed by atoms with E-state index in [-0.39, 0.29) is 19.4 Å². The molecule has 3 atom stereocenters. The summed E-state index contributed by atoms with van der Waals surface area (Å²) >= 11 is 0. The van der Waals surface area contributed by atoms with E-state index in [0.29, 0.717) is 32.1 Å². The van der Waals surface area contributed by atoms with Crippen LogP contribution in [0.1, 0.15) is 104 Å². The molecule has 0 bridgehead atoms. The van der Waals surface area contributed by atoms with E-state index in [1.807, 2.05) is 49.5 Å². The van der Waals surface area contributed by atoms with Crippen molar-refractivity contribution >= 4 is 19.8 Å². The monoisotopic (exact) mass is 668 g/mol. The van der Waals surface area contributed by atoms with Gasteiger partial charge in [0.05, 0.1) is 18.8 Å². The molecule has 0 aromatic heterocycles. The number of carbonyl (C=O) groups excluding carboxylic acids is 2. The molecule has 0 heterocycles. The Morgan fingerprint density at radius 1 is 0.717 bits per heavy atom. The summed E-state index contributed by atoms with van der Waals surface area (Å²) < 4.78 is 26.0. The zero-order valence-corrected chi connectivity index (χ0v) is 28.6. The van der Waals surface area contributed by atoms with Crippen molar-refractivity contribution in [3.05, 3.63) is 72.9 Å². The third-order valence-corrected chi connectivity index (χ3v) is 6.90. The summed E-state index contributed by atoms with van der Waals surface area (Å²) in [6.45, 7) is 3.23. The Morgan fingerprint density at radius 3 is 2.04 bits per heavy atom. The Hall–Kier alpha value is -2.59. The SMILES string of the molecule is CC/C=C\C[C@H](O)/C=C/C=C\C/C=C\C=C\[C@H](O)/C=C\CCCC(=O)O[C@H](COC(=O)CCCCCCCCC)COP(=O)(O)O. The number of unbranched alkanes of at least 4 members (excludes halogenated alkanes) is 7. The number of ether oxygens (including phenoxy) is 2. The van der Waals surface area contributed by atoms with Gasteiger partial charge < -0.3 is 29.5 Å². The van der Waals surface area contributed by atoms with Crippen LogP contribution in [-0.4, -0.2) is 63.5 Å². The molecule has 0 unspecified atom stereocenters. The van der Waals surface area contributed by atoms with Gasteiger partial charge in [-0.25, -0.2) is 4.57 Å². The molecule has 0 fully saturated rings. The average molecular weight is 669 g/mol. The number of rotatable bonds is 28. The number of allylic oxidation sites excluding steroid dienone is 8. The fourth-order valence-electron chi connectivity index (χ4n) is 3.93. The van der Waals surface area contributed by atoms with Crippen LogP contribution in [0.3, 0.4) is 0 Å². The van der Waals surface area contributed by atoms with Crippen molar-refractivity contribution in [2.24, 2.45) is 0 Å². The predicted molar refractivity (Wildman–Crippen MR) is 182 cm³/mol. The van der Waals surface area contributed by atoms with Crippen LogP contribution in [0.15, 0.2) is 72.9 Å². The zero-order valence-electron chi connectivity index (χ0n) is 27.7. The van der Waals surface area contributed by atoms with Gasteiger partial charge in [0, 0.05) is 12.8 Å². The molecule has 0 rings (SSSR count). The Labute approximate surface area is 275 Å². The molecule has 10 nitrogen and oxygen atoms in total. The highest BCUT2D eigenvalue weighted by Gasteiger charge is 2.22. The lowest BCUT2D eigenvalue weighted by Crippen LogP contribution is -2.29. The number of aliphatic hydroxyl groups excluding tert-OH is 2. The summed E-state index contributed by atoms with van der Waals surface area (Å²) in [5.74, 6) is -1.09.